The molecule has 2 aromatic carbocycles. The molecule has 2 aliphatic carbocycles. The third-order valence-corrected chi connectivity index (χ3v) is 9.76. The SMILES string of the molecule is COc1cccc(C23CCCCC2[C@@H](NC(=O)CCCCCc2ccccc2)[N@+](C)(CC2CC2)CC3)c1. The number of aryl methyl sites for hydroxylation is 1. The van der Waals surface area contributed by atoms with E-state index in [0.29, 0.717) is 12.3 Å². The molecule has 1 amide bonds. The van der Waals surface area contributed by atoms with Gasteiger partial charge in [-0.2, -0.15) is 0 Å². The van der Waals surface area contributed by atoms with Crippen LogP contribution in [-0.2, 0) is 16.6 Å². The number of ether oxygens (including phenoxy) is 1. The summed E-state index contributed by atoms with van der Waals surface area (Å²) in [5, 5.41) is 3.68. The summed E-state index contributed by atoms with van der Waals surface area (Å²) in [4.78, 5) is 13.4. The molecule has 37 heavy (non-hydrogen) atoms. The molecule has 3 aliphatic rings. The van der Waals surface area contributed by atoms with E-state index >= 15 is 0 Å². The molecule has 4 heteroatoms. The van der Waals surface area contributed by atoms with Gasteiger partial charge in [0, 0.05) is 30.1 Å². The van der Waals surface area contributed by atoms with Crippen molar-refractivity contribution < 1.29 is 14.0 Å². The van der Waals surface area contributed by atoms with Crippen molar-refractivity contribution in [3.63, 3.8) is 0 Å². The Morgan fingerprint density at radius 2 is 1.84 bits per heavy atom. The predicted octanol–water partition coefficient (Wildman–Crippen LogP) is 6.63. The molecule has 4 atom stereocenters. The Kier molecular flexibility index (Phi) is 8.24. The van der Waals surface area contributed by atoms with Gasteiger partial charge in [-0.05, 0) is 68.2 Å². The van der Waals surface area contributed by atoms with E-state index in [1.807, 2.05) is 0 Å². The van der Waals surface area contributed by atoms with Crippen molar-refractivity contribution in [2.45, 2.75) is 88.6 Å². The smallest absolute Gasteiger partial charge is 0.224 e. The summed E-state index contributed by atoms with van der Waals surface area (Å²) in [6, 6.07) is 19.5. The molecule has 2 aromatic rings. The van der Waals surface area contributed by atoms with Crippen LogP contribution in [0.2, 0.25) is 0 Å². The highest BCUT2D eigenvalue weighted by Gasteiger charge is 2.57. The van der Waals surface area contributed by atoms with Gasteiger partial charge in [-0.3, -0.25) is 4.79 Å². The predicted molar refractivity (Wildman–Crippen MR) is 150 cm³/mol. The highest BCUT2D eigenvalue weighted by molar-refractivity contribution is 5.76. The van der Waals surface area contributed by atoms with Gasteiger partial charge >= 0.3 is 0 Å². The first-order chi connectivity index (χ1) is 18.0. The Morgan fingerprint density at radius 1 is 1.00 bits per heavy atom. The monoisotopic (exact) mass is 503 g/mol. The number of unbranched alkanes of at least 4 members (excludes halogenated alkanes) is 2. The van der Waals surface area contributed by atoms with Crippen LogP contribution in [-0.4, -0.2) is 43.8 Å². The number of hydrogen-bond donors (Lipinski definition) is 1. The van der Waals surface area contributed by atoms with Crippen molar-refractivity contribution >= 4 is 5.91 Å². The molecule has 2 unspecified atom stereocenters. The minimum Gasteiger partial charge on any atom is -0.497 e. The minimum absolute atomic E-state index is 0.141. The maximum absolute atomic E-state index is 13.4. The summed E-state index contributed by atoms with van der Waals surface area (Å²) >= 11 is 0. The number of benzene rings is 2. The molecule has 2 saturated carbocycles. The first kappa shape index (κ1) is 26.3. The van der Waals surface area contributed by atoms with Crippen molar-refractivity contribution in [3.05, 3.63) is 65.7 Å². The van der Waals surface area contributed by atoms with Crippen molar-refractivity contribution in [2.24, 2.45) is 11.8 Å². The number of hydrogen-bond acceptors (Lipinski definition) is 2. The van der Waals surface area contributed by atoms with Gasteiger partial charge in [0.1, 0.15) is 5.75 Å². The van der Waals surface area contributed by atoms with Crippen molar-refractivity contribution in [1.29, 1.82) is 0 Å². The molecule has 0 bridgehead atoms. The Bertz CT molecular complexity index is 1040. The molecule has 200 valence electrons. The second-order valence-electron chi connectivity index (χ2n) is 12.4. The number of piperidine rings is 1. The largest absolute Gasteiger partial charge is 0.497 e. The topological polar surface area (TPSA) is 38.3 Å². The van der Waals surface area contributed by atoms with Gasteiger partial charge in [0.25, 0.3) is 0 Å². The molecule has 3 fully saturated rings. The molecular weight excluding hydrogens is 456 g/mol. The number of carbonyl (C=O) groups excluding carboxylic acids is 1. The molecule has 0 aromatic heterocycles. The third kappa shape index (κ3) is 6.06. The van der Waals surface area contributed by atoms with E-state index in [1.165, 1.54) is 62.6 Å². The maximum atomic E-state index is 13.4. The number of rotatable bonds is 11. The lowest BCUT2D eigenvalue weighted by atomic mass is 9.57. The second-order valence-corrected chi connectivity index (χ2v) is 12.4. The van der Waals surface area contributed by atoms with Gasteiger partial charge in [-0.1, -0.05) is 61.7 Å². The average molecular weight is 504 g/mol. The van der Waals surface area contributed by atoms with E-state index in [4.69, 9.17) is 4.74 Å². The van der Waals surface area contributed by atoms with Gasteiger partial charge < -0.3 is 14.5 Å². The summed E-state index contributed by atoms with van der Waals surface area (Å²) < 4.78 is 6.65. The van der Waals surface area contributed by atoms with Crippen molar-refractivity contribution in [1.82, 2.24) is 5.32 Å². The lowest BCUT2D eigenvalue weighted by molar-refractivity contribution is -0.948. The zero-order valence-electron chi connectivity index (χ0n) is 23.1. The average Bonchev–Trinajstić information content (AvgIpc) is 3.74. The van der Waals surface area contributed by atoms with E-state index in [9.17, 15) is 4.79 Å². The van der Waals surface area contributed by atoms with Crippen LogP contribution >= 0.6 is 0 Å². The summed E-state index contributed by atoms with van der Waals surface area (Å²) in [5.74, 6) is 2.54. The van der Waals surface area contributed by atoms with Crippen LogP contribution in [0.25, 0.3) is 0 Å². The number of nitrogens with one attached hydrogen (secondary N) is 1. The summed E-state index contributed by atoms with van der Waals surface area (Å²) in [6.45, 7) is 2.36. The number of nitrogens with zero attached hydrogens (tertiary/aromatic N) is 1. The third-order valence-electron chi connectivity index (χ3n) is 9.76. The molecule has 0 spiro atoms. The van der Waals surface area contributed by atoms with Crippen LogP contribution in [0.1, 0.15) is 81.8 Å². The van der Waals surface area contributed by atoms with Gasteiger partial charge in [-0.25, -0.2) is 0 Å². The molecule has 1 aliphatic heterocycles. The summed E-state index contributed by atoms with van der Waals surface area (Å²) in [5.41, 5.74) is 2.96. The maximum Gasteiger partial charge on any atom is 0.224 e. The van der Waals surface area contributed by atoms with Crippen molar-refractivity contribution in [3.8, 4) is 5.75 Å². The molecule has 1 N–H and O–H groups in total. The normalized spacial score (nSPS) is 29.4. The Hall–Kier alpha value is -2.33. The van der Waals surface area contributed by atoms with Crippen LogP contribution in [0.3, 0.4) is 0 Å². The molecule has 5 rings (SSSR count). The number of likely N-dealkylation sites (tertiary alicyclic amines) is 1. The lowest BCUT2D eigenvalue weighted by Crippen LogP contribution is -2.71. The number of carbonyl (C=O) groups is 1. The molecular formula is C33H47N2O2+. The molecule has 1 saturated heterocycles. The quantitative estimate of drug-likeness (QED) is 0.276. The van der Waals surface area contributed by atoms with E-state index in [1.54, 1.807) is 7.11 Å². The summed E-state index contributed by atoms with van der Waals surface area (Å²) in [6.07, 6.45) is 14.1. The van der Waals surface area contributed by atoms with Gasteiger partial charge in [0.15, 0.2) is 6.17 Å². The van der Waals surface area contributed by atoms with Gasteiger partial charge in [0.05, 0.1) is 27.2 Å². The molecule has 4 nitrogen and oxygen atoms in total. The van der Waals surface area contributed by atoms with Crippen LogP contribution in [0, 0.1) is 11.8 Å². The molecule has 0 radical (unpaired) electrons. The fraction of sp³-hybridized carbons (Fsp3) is 0.606. The fourth-order valence-electron chi connectivity index (χ4n) is 7.53. The standard InChI is InChI=1S/C33H46N2O2/c1-35(25-27-19-20-27)23-22-33(28-15-11-16-29(24-28)37-2)21-10-9-17-30(33)32(35)34-31(36)18-8-4-7-14-26-12-5-3-6-13-26/h3,5-6,11-13,15-16,24,27,30,32H,4,7-10,14,17-23,25H2,1-2H3/p+1/t30?,32-,33?,35-/m0/s1. The number of amides is 1. The second kappa shape index (κ2) is 11.6. The van der Waals surface area contributed by atoms with E-state index in [-0.39, 0.29) is 17.5 Å². The van der Waals surface area contributed by atoms with Crippen molar-refractivity contribution in [2.75, 3.05) is 27.2 Å². The fourth-order valence-corrected chi connectivity index (χ4v) is 7.53. The zero-order valence-corrected chi connectivity index (χ0v) is 23.1. The van der Waals surface area contributed by atoms with E-state index < -0.39 is 0 Å². The highest BCUT2D eigenvalue weighted by Crippen LogP contribution is 2.53. The summed E-state index contributed by atoms with van der Waals surface area (Å²) in [7, 11) is 4.20. The molecule has 1 heterocycles. The first-order valence-corrected chi connectivity index (χ1v) is 14.8. The van der Waals surface area contributed by atoms with Crippen LogP contribution in [0.5, 0.6) is 5.75 Å². The zero-order chi connectivity index (χ0) is 25.7. The van der Waals surface area contributed by atoms with E-state index in [0.717, 1.165) is 48.4 Å². The Labute approximate surface area is 224 Å². The van der Waals surface area contributed by atoms with Crippen LogP contribution in [0.4, 0.5) is 0 Å². The van der Waals surface area contributed by atoms with E-state index in [2.05, 4.69) is 67.0 Å². The first-order valence-electron chi connectivity index (χ1n) is 14.8. The van der Waals surface area contributed by atoms with Crippen LogP contribution < -0.4 is 10.1 Å². The number of methoxy groups -OCH3 is 1. The highest BCUT2D eigenvalue weighted by atomic mass is 16.5. The Balaban J connectivity index is 1.28. The number of quaternary nitrogens is 1. The Morgan fingerprint density at radius 3 is 2.62 bits per heavy atom. The van der Waals surface area contributed by atoms with Crippen LogP contribution in [0.15, 0.2) is 54.6 Å². The minimum atomic E-state index is 0.141. The number of fused-ring (bicyclic) bond motifs is 1. The van der Waals surface area contributed by atoms with Gasteiger partial charge in [-0.15, -0.1) is 0 Å². The lowest BCUT2D eigenvalue weighted by Gasteiger charge is -2.58. The van der Waals surface area contributed by atoms with Gasteiger partial charge in [0.2, 0.25) is 5.91 Å².